The topological polar surface area (TPSA) is 70.3 Å². The average molecular weight is 720 g/mol. The van der Waals surface area contributed by atoms with Gasteiger partial charge in [0.2, 0.25) is 0 Å². The standard InChI is InChI=1S/C50H29N3O3/c1-3-13-31(14-4-1)47-51-48(32-15-5-2-6-16-32)53-49(52-47)33-25-23-30(24-26-33)34-27-28-39-37(29-34)35-17-7-9-19-38(35)50(39)45-43(36-18-8-10-20-40(36)55-45)44-46(50)56-42-22-12-11-21-41(42)54-44/h1-29H. The van der Waals surface area contributed by atoms with E-state index in [-0.39, 0.29) is 0 Å². The van der Waals surface area contributed by atoms with Crippen molar-refractivity contribution in [2.75, 3.05) is 0 Å². The van der Waals surface area contributed by atoms with Crippen molar-refractivity contribution in [3.05, 3.63) is 204 Å². The van der Waals surface area contributed by atoms with Crippen molar-refractivity contribution in [3.63, 3.8) is 0 Å². The Kier molecular flexibility index (Phi) is 6.45. The highest BCUT2D eigenvalue weighted by Gasteiger charge is 2.60. The van der Waals surface area contributed by atoms with Crippen molar-refractivity contribution in [2.45, 2.75) is 5.41 Å². The molecule has 0 bridgehead atoms. The molecule has 9 aromatic rings. The molecule has 2 aliphatic carbocycles. The van der Waals surface area contributed by atoms with Gasteiger partial charge < -0.3 is 13.9 Å². The van der Waals surface area contributed by atoms with Gasteiger partial charge in [-0.2, -0.15) is 0 Å². The fraction of sp³-hybridized carbons (Fsp3) is 0.0200. The summed E-state index contributed by atoms with van der Waals surface area (Å²) >= 11 is 0. The van der Waals surface area contributed by atoms with E-state index in [2.05, 4.69) is 72.8 Å². The Balaban J connectivity index is 0.991. The summed E-state index contributed by atoms with van der Waals surface area (Å²) in [4.78, 5) is 14.7. The van der Waals surface area contributed by atoms with Gasteiger partial charge in [-0.15, -0.1) is 0 Å². The largest absolute Gasteiger partial charge is 0.458 e. The van der Waals surface area contributed by atoms with Gasteiger partial charge in [-0.25, -0.2) is 15.0 Å². The van der Waals surface area contributed by atoms with Crippen LogP contribution in [-0.4, -0.2) is 15.0 Å². The lowest BCUT2D eigenvalue weighted by molar-refractivity contribution is 0.306. The van der Waals surface area contributed by atoms with Gasteiger partial charge in [-0.05, 0) is 57.6 Å². The third-order valence-electron chi connectivity index (χ3n) is 11.2. The van der Waals surface area contributed by atoms with Gasteiger partial charge in [0.25, 0.3) is 0 Å². The van der Waals surface area contributed by atoms with Crippen molar-refractivity contribution < 1.29 is 13.9 Å². The molecule has 6 heteroatoms. The van der Waals surface area contributed by atoms with Crippen LogP contribution < -0.4 is 9.47 Å². The molecule has 3 aliphatic rings. The minimum atomic E-state index is -0.836. The molecule has 0 radical (unpaired) electrons. The molecule has 12 rings (SSSR count). The number of furan rings is 1. The molecule has 0 N–H and O–H groups in total. The van der Waals surface area contributed by atoms with Crippen LogP contribution in [0.4, 0.5) is 0 Å². The Morgan fingerprint density at radius 3 is 1.66 bits per heavy atom. The van der Waals surface area contributed by atoms with Crippen molar-refractivity contribution in [1.82, 2.24) is 15.0 Å². The van der Waals surface area contributed by atoms with Crippen LogP contribution >= 0.6 is 0 Å². The number of benzene rings is 7. The van der Waals surface area contributed by atoms with Gasteiger partial charge in [-0.3, -0.25) is 0 Å². The Hall–Kier alpha value is -7.57. The molecular weight excluding hydrogens is 691 g/mol. The summed E-state index contributed by atoms with van der Waals surface area (Å²) < 4.78 is 20.5. The first-order chi connectivity index (χ1) is 27.7. The minimum absolute atomic E-state index is 0.623. The second kappa shape index (κ2) is 11.7. The molecule has 0 fully saturated rings. The predicted octanol–water partition coefficient (Wildman–Crippen LogP) is 11.8. The smallest absolute Gasteiger partial charge is 0.179 e. The quantitative estimate of drug-likeness (QED) is 0.180. The summed E-state index contributed by atoms with van der Waals surface area (Å²) in [7, 11) is 0. The molecule has 0 saturated carbocycles. The Morgan fingerprint density at radius 2 is 0.946 bits per heavy atom. The van der Waals surface area contributed by atoms with E-state index in [1.54, 1.807) is 0 Å². The first-order valence-corrected chi connectivity index (χ1v) is 18.7. The van der Waals surface area contributed by atoms with Gasteiger partial charge in [0.1, 0.15) is 16.8 Å². The van der Waals surface area contributed by atoms with E-state index in [1.807, 2.05) is 103 Å². The van der Waals surface area contributed by atoms with Gasteiger partial charge in [0.05, 0.1) is 5.56 Å². The SMILES string of the molecule is c1ccc(-c2nc(-c3ccccc3)nc(-c3ccc(-c4ccc5c(c4)-c4ccccc4C54C5=C(Oc6ccccc6O5)c5c4oc4ccccc54)cc3)n2)cc1. The Morgan fingerprint density at radius 1 is 0.411 bits per heavy atom. The van der Waals surface area contributed by atoms with E-state index in [9.17, 15) is 0 Å². The fourth-order valence-electron chi connectivity index (χ4n) is 8.68. The number of rotatable bonds is 4. The molecule has 3 heterocycles. The summed E-state index contributed by atoms with van der Waals surface area (Å²) in [5.41, 5.74) is 10.4. The van der Waals surface area contributed by atoms with Crippen molar-refractivity contribution in [3.8, 4) is 67.9 Å². The van der Waals surface area contributed by atoms with E-state index >= 15 is 0 Å². The molecule has 2 aromatic heterocycles. The number of nitrogens with zero attached hydrogens (tertiary/aromatic N) is 3. The van der Waals surface area contributed by atoms with Crippen LogP contribution in [0.25, 0.3) is 73.1 Å². The number of hydrogen-bond acceptors (Lipinski definition) is 6. The molecule has 1 unspecified atom stereocenters. The lowest BCUT2D eigenvalue weighted by Crippen LogP contribution is -2.31. The molecule has 56 heavy (non-hydrogen) atoms. The van der Waals surface area contributed by atoms with Crippen molar-refractivity contribution >= 4 is 16.7 Å². The van der Waals surface area contributed by atoms with Crippen LogP contribution in [0.15, 0.2) is 186 Å². The van der Waals surface area contributed by atoms with Crippen molar-refractivity contribution in [1.29, 1.82) is 0 Å². The molecule has 7 aromatic carbocycles. The zero-order chi connectivity index (χ0) is 36.8. The van der Waals surface area contributed by atoms with Gasteiger partial charge in [0, 0.05) is 22.1 Å². The van der Waals surface area contributed by atoms with Gasteiger partial charge in [-0.1, -0.05) is 152 Å². The van der Waals surface area contributed by atoms with E-state index in [4.69, 9.17) is 28.8 Å². The second-order valence-corrected chi connectivity index (χ2v) is 14.3. The summed E-state index contributed by atoms with van der Waals surface area (Å²) in [6.45, 7) is 0. The van der Waals surface area contributed by atoms with Crippen LogP contribution in [0.5, 0.6) is 11.5 Å². The Labute approximate surface area is 322 Å². The van der Waals surface area contributed by atoms with E-state index < -0.39 is 5.41 Å². The molecule has 1 aliphatic heterocycles. The molecule has 0 saturated heterocycles. The lowest BCUT2D eigenvalue weighted by atomic mass is 9.76. The Bertz CT molecular complexity index is 3020. The number of para-hydroxylation sites is 3. The van der Waals surface area contributed by atoms with E-state index in [0.717, 1.165) is 78.1 Å². The molecule has 1 spiro atoms. The van der Waals surface area contributed by atoms with Crippen LogP contribution in [-0.2, 0) is 5.41 Å². The highest BCUT2D eigenvalue weighted by molar-refractivity contribution is 6.01. The molecule has 1 atom stereocenters. The predicted molar refractivity (Wildman–Crippen MR) is 218 cm³/mol. The number of ether oxygens (including phenoxy) is 2. The molecule has 262 valence electrons. The highest BCUT2D eigenvalue weighted by Crippen LogP contribution is 2.65. The van der Waals surface area contributed by atoms with Crippen molar-refractivity contribution in [2.24, 2.45) is 0 Å². The van der Waals surface area contributed by atoms with Crippen LogP contribution in [0, 0.1) is 0 Å². The molecule has 0 amide bonds. The van der Waals surface area contributed by atoms with Crippen LogP contribution in [0.3, 0.4) is 0 Å². The van der Waals surface area contributed by atoms with Crippen LogP contribution in [0.1, 0.15) is 22.5 Å². The monoisotopic (exact) mass is 719 g/mol. The zero-order valence-electron chi connectivity index (χ0n) is 29.8. The maximum atomic E-state index is 6.92. The van der Waals surface area contributed by atoms with Crippen LogP contribution in [0.2, 0.25) is 0 Å². The molecule has 6 nitrogen and oxygen atoms in total. The third-order valence-corrected chi connectivity index (χ3v) is 11.2. The number of hydrogen-bond donors (Lipinski definition) is 0. The normalized spacial score (nSPS) is 15.8. The third kappa shape index (κ3) is 4.35. The number of allylic oxidation sites excluding steroid dienone is 1. The van der Waals surface area contributed by atoms with Gasteiger partial charge >= 0.3 is 0 Å². The van der Waals surface area contributed by atoms with Gasteiger partial charge in [0.15, 0.2) is 40.5 Å². The minimum Gasteiger partial charge on any atom is -0.458 e. The number of fused-ring (bicyclic) bond motifs is 12. The molecular formula is C50H29N3O3. The first-order valence-electron chi connectivity index (χ1n) is 18.7. The summed E-state index contributed by atoms with van der Waals surface area (Å²) in [6.07, 6.45) is 0. The zero-order valence-corrected chi connectivity index (χ0v) is 29.8. The second-order valence-electron chi connectivity index (χ2n) is 14.3. The summed E-state index contributed by atoms with van der Waals surface area (Å²) in [5, 5.41) is 1.00. The summed E-state index contributed by atoms with van der Waals surface area (Å²) in [6, 6.07) is 59.9. The van der Waals surface area contributed by atoms with E-state index in [1.165, 1.54) is 0 Å². The average Bonchev–Trinajstić information content (AvgIpc) is 3.89. The highest BCUT2D eigenvalue weighted by atomic mass is 16.6. The maximum absolute atomic E-state index is 6.92. The maximum Gasteiger partial charge on any atom is 0.179 e. The first kappa shape index (κ1) is 30.8. The number of aromatic nitrogens is 3. The lowest BCUT2D eigenvalue weighted by Gasteiger charge is -2.31. The summed E-state index contributed by atoms with van der Waals surface area (Å²) in [5.74, 6) is 5.54. The van der Waals surface area contributed by atoms with E-state index in [0.29, 0.717) is 34.7 Å². The fourth-order valence-corrected chi connectivity index (χ4v) is 8.68.